The summed E-state index contributed by atoms with van der Waals surface area (Å²) in [6.07, 6.45) is 0. The van der Waals surface area contributed by atoms with Crippen LogP contribution in [0.25, 0.3) is 0 Å². The Hall–Kier alpha value is -1.55. The molecule has 0 fully saturated rings. The van der Waals surface area contributed by atoms with Gasteiger partial charge in [0.25, 0.3) is 0 Å². The molecule has 0 amide bonds. The molecule has 0 unspecified atom stereocenters. The van der Waals surface area contributed by atoms with Gasteiger partial charge in [0, 0.05) is 4.47 Å². The summed E-state index contributed by atoms with van der Waals surface area (Å²) >= 11 is 3.45. The van der Waals surface area contributed by atoms with E-state index < -0.39 is 0 Å². The molecule has 0 spiro atoms. The molecule has 1 heterocycles. The standard InChI is InChI=1S/C11H10BrN3/c12-8-4-1-2-5-9(8)14-11-7-3-6-10(13)15-11/h1-7H,(H3,13,14,15). The zero-order valence-electron chi connectivity index (χ0n) is 7.94. The lowest BCUT2D eigenvalue weighted by Gasteiger charge is -2.07. The number of nitrogen functional groups attached to an aromatic ring is 1. The van der Waals surface area contributed by atoms with Crippen molar-refractivity contribution in [1.29, 1.82) is 0 Å². The van der Waals surface area contributed by atoms with Gasteiger partial charge >= 0.3 is 0 Å². The molecule has 0 radical (unpaired) electrons. The summed E-state index contributed by atoms with van der Waals surface area (Å²) in [5.74, 6) is 1.24. The number of hydrogen-bond acceptors (Lipinski definition) is 3. The number of para-hydroxylation sites is 1. The van der Waals surface area contributed by atoms with Crippen molar-refractivity contribution in [3.05, 3.63) is 46.9 Å². The van der Waals surface area contributed by atoms with Crippen molar-refractivity contribution in [3.63, 3.8) is 0 Å². The number of pyridine rings is 1. The van der Waals surface area contributed by atoms with Gasteiger partial charge in [-0.05, 0) is 40.2 Å². The van der Waals surface area contributed by atoms with Crippen LogP contribution in [0.3, 0.4) is 0 Å². The number of aromatic nitrogens is 1. The fourth-order valence-electron chi connectivity index (χ4n) is 1.22. The summed E-state index contributed by atoms with van der Waals surface area (Å²) in [5.41, 5.74) is 6.56. The van der Waals surface area contributed by atoms with Gasteiger partial charge in [-0.3, -0.25) is 0 Å². The molecule has 1 aromatic carbocycles. The molecule has 2 rings (SSSR count). The smallest absolute Gasteiger partial charge is 0.132 e. The van der Waals surface area contributed by atoms with Gasteiger partial charge in [0.15, 0.2) is 0 Å². The fourth-order valence-corrected chi connectivity index (χ4v) is 1.61. The van der Waals surface area contributed by atoms with Crippen LogP contribution in [0.1, 0.15) is 0 Å². The summed E-state index contributed by atoms with van der Waals surface area (Å²) in [6.45, 7) is 0. The number of nitrogens with two attached hydrogens (primary N) is 1. The van der Waals surface area contributed by atoms with E-state index in [0.29, 0.717) is 5.82 Å². The van der Waals surface area contributed by atoms with Crippen molar-refractivity contribution in [2.75, 3.05) is 11.1 Å². The summed E-state index contributed by atoms with van der Waals surface area (Å²) in [4.78, 5) is 4.16. The zero-order valence-corrected chi connectivity index (χ0v) is 9.53. The molecular formula is C11H10BrN3. The predicted octanol–water partition coefficient (Wildman–Crippen LogP) is 3.17. The molecular weight excluding hydrogens is 254 g/mol. The van der Waals surface area contributed by atoms with Crippen molar-refractivity contribution in [1.82, 2.24) is 4.98 Å². The van der Waals surface area contributed by atoms with E-state index in [4.69, 9.17) is 5.73 Å². The lowest BCUT2D eigenvalue weighted by Crippen LogP contribution is -1.96. The van der Waals surface area contributed by atoms with Crippen LogP contribution in [-0.4, -0.2) is 4.98 Å². The second kappa shape index (κ2) is 4.31. The zero-order chi connectivity index (χ0) is 10.7. The summed E-state index contributed by atoms with van der Waals surface area (Å²) in [7, 11) is 0. The van der Waals surface area contributed by atoms with Crippen LogP contribution < -0.4 is 11.1 Å². The Balaban J connectivity index is 2.26. The van der Waals surface area contributed by atoms with Crippen molar-refractivity contribution >= 4 is 33.3 Å². The van der Waals surface area contributed by atoms with Crippen LogP contribution in [0.2, 0.25) is 0 Å². The Morgan fingerprint density at radius 2 is 1.87 bits per heavy atom. The van der Waals surface area contributed by atoms with E-state index in [-0.39, 0.29) is 0 Å². The number of rotatable bonds is 2. The molecule has 0 bridgehead atoms. The van der Waals surface area contributed by atoms with Crippen LogP contribution in [-0.2, 0) is 0 Å². The normalized spacial score (nSPS) is 9.93. The van der Waals surface area contributed by atoms with E-state index in [1.807, 2.05) is 36.4 Å². The molecule has 0 saturated heterocycles. The van der Waals surface area contributed by atoms with Crippen LogP contribution in [0.4, 0.5) is 17.3 Å². The third-order valence-electron chi connectivity index (χ3n) is 1.91. The third-order valence-corrected chi connectivity index (χ3v) is 2.60. The van der Waals surface area contributed by atoms with Gasteiger partial charge in [-0.2, -0.15) is 0 Å². The minimum atomic E-state index is 0.507. The average Bonchev–Trinajstić information content (AvgIpc) is 2.22. The monoisotopic (exact) mass is 263 g/mol. The molecule has 15 heavy (non-hydrogen) atoms. The molecule has 0 aliphatic rings. The summed E-state index contributed by atoms with van der Waals surface area (Å²) < 4.78 is 0.995. The summed E-state index contributed by atoms with van der Waals surface area (Å²) in [5, 5.41) is 3.18. The van der Waals surface area contributed by atoms with E-state index in [1.54, 1.807) is 6.07 Å². The maximum absolute atomic E-state index is 5.59. The second-order valence-electron chi connectivity index (χ2n) is 3.05. The average molecular weight is 264 g/mol. The quantitative estimate of drug-likeness (QED) is 0.875. The van der Waals surface area contributed by atoms with E-state index in [2.05, 4.69) is 26.2 Å². The van der Waals surface area contributed by atoms with Crippen LogP contribution in [0, 0.1) is 0 Å². The highest BCUT2D eigenvalue weighted by atomic mass is 79.9. The molecule has 76 valence electrons. The highest BCUT2D eigenvalue weighted by Gasteiger charge is 1.99. The van der Waals surface area contributed by atoms with E-state index >= 15 is 0 Å². The first kappa shape index (κ1) is 9.98. The first-order valence-corrected chi connectivity index (χ1v) is 5.29. The molecule has 1 aromatic heterocycles. The molecule has 3 nitrogen and oxygen atoms in total. The topological polar surface area (TPSA) is 50.9 Å². The number of benzene rings is 1. The highest BCUT2D eigenvalue weighted by molar-refractivity contribution is 9.10. The Kier molecular flexibility index (Phi) is 2.87. The highest BCUT2D eigenvalue weighted by Crippen LogP contribution is 2.24. The Morgan fingerprint density at radius 1 is 1.07 bits per heavy atom. The minimum Gasteiger partial charge on any atom is -0.384 e. The van der Waals surface area contributed by atoms with Gasteiger partial charge in [-0.25, -0.2) is 4.98 Å². The van der Waals surface area contributed by atoms with Gasteiger partial charge in [0.1, 0.15) is 11.6 Å². The predicted molar refractivity (Wildman–Crippen MR) is 66.1 cm³/mol. The van der Waals surface area contributed by atoms with E-state index in [9.17, 15) is 0 Å². The maximum atomic E-state index is 5.59. The Labute approximate surface area is 96.5 Å². The Bertz CT molecular complexity index is 471. The van der Waals surface area contributed by atoms with Gasteiger partial charge in [0.05, 0.1) is 5.69 Å². The summed E-state index contributed by atoms with van der Waals surface area (Å²) in [6, 6.07) is 13.3. The minimum absolute atomic E-state index is 0.507. The molecule has 0 aliphatic carbocycles. The first-order chi connectivity index (χ1) is 7.25. The second-order valence-corrected chi connectivity index (χ2v) is 3.91. The lowest BCUT2D eigenvalue weighted by molar-refractivity contribution is 1.31. The third kappa shape index (κ3) is 2.47. The number of nitrogens with zero attached hydrogens (tertiary/aromatic N) is 1. The number of halogens is 1. The molecule has 3 N–H and O–H groups in total. The van der Waals surface area contributed by atoms with Crippen molar-refractivity contribution < 1.29 is 0 Å². The fraction of sp³-hybridized carbons (Fsp3) is 0. The molecule has 0 aliphatic heterocycles. The van der Waals surface area contributed by atoms with Gasteiger partial charge < -0.3 is 11.1 Å². The van der Waals surface area contributed by atoms with Crippen molar-refractivity contribution in [3.8, 4) is 0 Å². The molecule has 4 heteroatoms. The number of hydrogen-bond donors (Lipinski definition) is 2. The Morgan fingerprint density at radius 3 is 2.60 bits per heavy atom. The molecule has 0 atom stereocenters. The number of anilines is 3. The largest absolute Gasteiger partial charge is 0.384 e. The molecule has 2 aromatic rings. The van der Waals surface area contributed by atoms with Gasteiger partial charge in [0.2, 0.25) is 0 Å². The number of nitrogens with one attached hydrogen (secondary N) is 1. The van der Waals surface area contributed by atoms with Crippen molar-refractivity contribution in [2.24, 2.45) is 0 Å². The first-order valence-electron chi connectivity index (χ1n) is 4.50. The van der Waals surface area contributed by atoms with Crippen LogP contribution in [0.5, 0.6) is 0 Å². The molecule has 0 saturated carbocycles. The van der Waals surface area contributed by atoms with E-state index in [0.717, 1.165) is 16.0 Å². The van der Waals surface area contributed by atoms with Crippen LogP contribution >= 0.6 is 15.9 Å². The maximum Gasteiger partial charge on any atom is 0.132 e. The SMILES string of the molecule is Nc1cccc(Nc2ccccc2Br)n1. The lowest BCUT2D eigenvalue weighted by atomic mass is 10.3. The van der Waals surface area contributed by atoms with Crippen LogP contribution in [0.15, 0.2) is 46.9 Å². The van der Waals surface area contributed by atoms with Gasteiger partial charge in [-0.15, -0.1) is 0 Å². The van der Waals surface area contributed by atoms with E-state index in [1.165, 1.54) is 0 Å². The van der Waals surface area contributed by atoms with Gasteiger partial charge in [-0.1, -0.05) is 18.2 Å². The van der Waals surface area contributed by atoms with Crippen molar-refractivity contribution in [2.45, 2.75) is 0 Å².